The molecule has 7 rings (SSSR count). The largest absolute Gasteiger partial charge is 0.356 e. The van der Waals surface area contributed by atoms with Crippen LogP contribution in [0, 0.1) is 0 Å². The average molecular weight is 554 g/mol. The molecule has 42 heavy (non-hydrogen) atoms. The quantitative estimate of drug-likeness (QED) is 0.265. The fraction of sp³-hybridized carbons (Fsp3) is 0.415. The molecule has 0 heterocycles. The van der Waals surface area contributed by atoms with E-state index in [0.717, 1.165) is 5.92 Å². The van der Waals surface area contributed by atoms with Crippen molar-refractivity contribution in [2.75, 3.05) is 5.32 Å². The molecule has 1 nitrogen and oxygen atoms in total. The third kappa shape index (κ3) is 4.52. The highest BCUT2D eigenvalue weighted by molar-refractivity contribution is 5.93. The van der Waals surface area contributed by atoms with Crippen molar-refractivity contribution in [1.82, 2.24) is 0 Å². The number of hydrogen-bond acceptors (Lipinski definition) is 1. The number of fused-ring (bicyclic) bond motifs is 4. The lowest BCUT2D eigenvalue weighted by Gasteiger charge is -2.42. The molecule has 0 bridgehead atoms. The van der Waals surface area contributed by atoms with Gasteiger partial charge in [0.05, 0.1) is 0 Å². The van der Waals surface area contributed by atoms with Gasteiger partial charge in [-0.25, -0.2) is 0 Å². The minimum atomic E-state index is -0.0569. The van der Waals surface area contributed by atoms with Gasteiger partial charge in [-0.15, -0.1) is 0 Å². The number of anilines is 2. The predicted molar refractivity (Wildman–Crippen MR) is 180 cm³/mol. The summed E-state index contributed by atoms with van der Waals surface area (Å²) in [4.78, 5) is 0. The van der Waals surface area contributed by atoms with E-state index < -0.39 is 0 Å². The minimum Gasteiger partial charge on any atom is -0.356 e. The SMILES string of the molecule is CC1(C)CCC(C)(C)c2cc(-c3cccc4c3-c3ccc(Nc5ccc(C6CCCCC6)cc5)cc3C4(C)C)ccc21. The molecule has 1 fully saturated rings. The Kier molecular flexibility index (Phi) is 6.46. The van der Waals surface area contributed by atoms with Crippen LogP contribution < -0.4 is 5.32 Å². The summed E-state index contributed by atoms with van der Waals surface area (Å²) in [6, 6.07) is 30.5. The van der Waals surface area contributed by atoms with E-state index in [4.69, 9.17) is 0 Å². The first kappa shape index (κ1) is 27.5. The molecule has 0 spiro atoms. The van der Waals surface area contributed by atoms with E-state index in [2.05, 4.69) is 126 Å². The molecule has 3 aliphatic carbocycles. The van der Waals surface area contributed by atoms with Gasteiger partial charge in [0.15, 0.2) is 0 Å². The Bertz CT molecular complexity index is 1640. The first-order chi connectivity index (χ1) is 20.0. The van der Waals surface area contributed by atoms with E-state index in [9.17, 15) is 0 Å². The topological polar surface area (TPSA) is 12.0 Å². The van der Waals surface area contributed by atoms with Crippen LogP contribution in [0.25, 0.3) is 22.3 Å². The fourth-order valence-electron chi connectivity index (χ4n) is 8.30. The summed E-state index contributed by atoms with van der Waals surface area (Å²) in [5.41, 5.74) is 15.6. The highest BCUT2D eigenvalue weighted by atomic mass is 14.9. The van der Waals surface area contributed by atoms with Crippen LogP contribution in [0.4, 0.5) is 11.4 Å². The van der Waals surface area contributed by atoms with E-state index in [-0.39, 0.29) is 16.2 Å². The van der Waals surface area contributed by atoms with Crippen molar-refractivity contribution in [3.63, 3.8) is 0 Å². The first-order valence-corrected chi connectivity index (χ1v) is 16.4. The third-order valence-electron chi connectivity index (χ3n) is 11.1. The average Bonchev–Trinajstić information content (AvgIpc) is 3.22. The Labute approximate surface area is 253 Å². The molecule has 3 aliphatic rings. The summed E-state index contributed by atoms with van der Waals surface area (Å²) in [5.74, 6) is 0.744. The van der Waals surface area contributed by atoms with Crippen LogP contribution in [-0.4, -0.2) is 0 Å². The summed E-state index contributed by atoms with van der Waals surface area (Å²) >= 11 is 0. The van der Waals surface area contributed by atoms with E-state index in [1.807, 2.05) is 0 Å². The molecule has 0 amide bonds. The van der Waals surface area contributed by atoms with Crippen molar-refractivity contribution in [1.29, 1.82) is 0 Å². The maximum Gasteiger partial charge on any atom is 0.0387 e. The molecule has 0 saturated heterocycles. The number of hydrogen-bond donors (Lipinski definition) is 1. The van der Waals surface area contributed by atoms with Crippen LogP contribution in [-0.2, 0) is 16.2 Å². The molecule has 0 atom stereocenters. The van der Waals surface area contributed by atoms with E-state index in [1.54, 1.807) is 0 Å². The molecular weight excluding hydrogens is 506 g/mol. The molecule has 1 N–H and O–H groups in total. The lowest BCUT2D eigenvalue weighted by molar-refractivity contribution is 0.332. The molecule has 0 radical (unpaired) electrons. The van der Waals surface area contributed by atoms with Gasteiger partial charge in [0, 0.05) is 16.8 Å². The Morgan fingerprint density at radius 1 is 0.571 bits per heavy atom. The maximum atomic E-state index is 3.73. The molecular formula is C41H47N. The monoisotopic (exact) mass is 553 g/mol. The molecule has 216 valence electrons. The van der Waals surface area contributed by atoms with Crippen molar-refractivity contribution in [2.45, 2.75) is 109 Å². The van der Waals surface area contributed by atoms with Gasteiger partial charge >= 0.3 is 0 Å². The Hall–Kier alpha value is -3.32. The highest BCUT2D eigenvalue weighted by Crippen LogP contribution is 2.54. The van der Waals surface area contributed by atoms with E-state index >= 15 is 0 Å². The standard InChI is InChI=1S/C41H47N/c1-39(2)23-24-40(3,4)37-25-29(17-22-34(37)39)32-13-10-14-35-38(32)33-21-20-31(26-36(33)41(35,5)6)42-30-18-15-28(16-19-30)27-11-8-7-9-12-27/h10,13-22,25-27,42H,7-9,11-12,23-24H2,1-6H3. The van der Waals surface area contributed by atoms with Crippen molar-refractivity contribution < 1.29 is 0 Å². The summed E-state index contributed by atoms with van der Waals surface area (Å²) in [7, 11) is 0. The Morgan fingerprint density at radius 2 is 1.26 bits per heavy atom. The zero-order valence-electron chi connectivity index (χ0n) is 26.5. The summed E-state index contributed by atoms with van der Waals surface area (Å²) in [6.07, 6.45) is 9.32. The number of benzene rings is 4. The second kappa shape index (κ2) is 9.87. The third-order valence-corrected chi connectivity index (χ3v) is 11.1. The van der Waals surface area contributed by atoms with Gasteiger partial charge in [-0.05, 0) is 117 Å². The molecule has 1 heteroatoms. The van der Waals surface area contributed by atoms with Crippen LogP contribution in [0.1, 0.15) is 120 Å². The van der Waals surface area contributed by atoms with Gasteiger partial charge in [0.2, 0.25) is 0 Å². The molecule has 4 aromatic rings. The van der Waals surface area contributed by atoms with Crippen molar-refractivity contribution in [3.8, 4) is 22.3 Å². The lowest BCUT2D eigenvalue weighted by Crippen LogP contribution is -2.33. The molecule has 0 aromatic heterocycles. The Balaban J connectivity index is 1.24. The van der Waals surface area contributed by atoms with Crippen molar-refractivity contribution in [2.24, 2.45) is 0 Å². The number of nitrogens with one attached hydrogen (secondary N) is 1. The number of rotatable bonds is 4. The zero-order valence-corrected chi connectivity index (χ0v) is 26.5. The van der Waals surface area contributed by atoms with Gasteiger partial charge in [0.1, 0.15) is 0 Å². The second-order valence-electron chi connectivity index (χ2n) is 15.2. The van der Waals surface area contributed by atoms with Gasteiger partial charge in [-0.2, -0.15) is 0 Å². The summed E-state index contributed by atoms with van der Waals surface area (Å²) in [6.45, 7) is 14.5. The molecule has 0 aliphatic heterocycles. The molecule has 0 unspecified atom stereocenters. The normalized spacial score (nSPS) is 20.0. The van der Waals surface area contributed by atoms with E-state index in [1.165, 1.54) is 106 Å². The maximum absolute atomic E-state index is 3.73. The van der Waals surface area contributed by atoms with Crippen LogP contribution in [0.5, 0.6) is 0 Å². The zero-order chi connectivity index (χ0) is 29.3. The van der Waals surface area contributed by atoms with Gasteiger partial charge in [-0.3, -0.25) is 0 Å². The minimum absolute atomic E-state index is 0.0569. The lowest BCUT2D eigenvalue weighted by atomic mass is 9.63. The van der Waals surface area contributed by atoms with Crippen LogP contribution in [0.2, 0.25) is 0 Å². The summed E-state index contributed by atoms with van der Waals surface area (Å²) < 4.78 is 0. The van der Waals surface area contributed by atoms with Gasteiger partial charge in [0.25, 0.3) is 0 Å². The molecule has 4 aromatic carbocycles. The molecule has 1 saturated carbocycles. The van der Waals surface area contributed by atoms with Crippen LogP contribution >= 0.6 is 0 Å². The van der Waals surface area contributed by atoms with Crippen molar-refractivity contribution >= 4 is 11.4 Å². The van der Waals surface area contributed by atoms with Crippen molar-refractivity contribution in [3.05, 3.63) is 107 Å². The summed E-state index contributed by atoms with van der Waals surface area (Å²) in [5, 5.41) is 3.73. The highest BCUT2D eigenvalue weighted by Gasteiger charge is 2.39. The fourth-order valence-corrected chi connectivity index (χ4v) is 8.30. The van der Waals surface area contributed by atoms with Crippen LogP contribution in [0.15, 0.2) is 78.9 Å². The second-order valence-corrected chi connectivity index (χ2v) is 15.2. The van der Waals surface area contributed by atoms with Gasteiger partial charge in [-0.1, -0.05) is 115 Å². The smallest absolute Gasteiger partial charge is 0.0387 e. The Morgan fingerprint density at radius 3 is 2.00 bits per heavy atom. The van der Waals surface area contributed by atoms with Gasteiger partial charge < -0.3 is 5.32 Å². The first-order valence-electron chi connectivity index (χ1n) is 16.4. The van der Waals surface area contributed by atoms with E-state index in [0.29, 0.717) is 0 Å². The van der Waals surface area contributed by atoms with Crippen LogP contribution in [0.3, 0.4) is 0 Å². The predicted octanol–water partition coefficient (Wildman–Crippen LogP) is 11.8.